The van der Waals surface area contributed by atoms with Gasteiger partial charge in [-0.15, -0.1) is 0 Å². The van der Waals surface area contributed by atoms with Gasteiger partial charge >= 0.3 is 5.69 Å². The molecule has 2 N–H and O–H groups in total. The lowest BCUT2D eigenvalue weighted by molar-refractivity contribution is 0.430. The molecule has 0 aliphatic rings. The summed E-state index contributed by atoms with van der Waals surface area (Å²) >= 11 is 7.01. The molecular formula is C19H13ClN4O3S. The van der Waals surface area contributed by atoms with E-state index in [4.69, 9.17) is 16.9 Å². The van der Waals surface area contributed by atoms with Crippen LogP contribution in [0.3, 0.4) is 0 Å². The number of aryl methyl sites for hydroxylation is 1. The molecule has 0 bridgehead atoms. The molecular weight excluding hydrogens is 400 g/mol. The first-order chi connectivity index (χ1) is 13.4. The number of benzene rings is 2. The van der Waals surface area contributed by atoms with Crippen molar-refractivity contribution in [1.29, 1.82) is 5.26 Å². The summed E-state index contributed by atoms with van der Waals surface area (Å²) in [6, 6.07) is 11.7. The summed E-state index contributed by atoms with van der Waals surface area (Å²) in [5.74, 6) is -0.519. The Morgan fingerprint density at radius 1 is 1.29 bits per heavy atom. The van der Waals surface area contributed by atoms with Crippen LogP contribution in [0.1, 0.15) is 11.1 Å². The molecule has 3 rings (SSSR count). The minimum Gasteiger partial charge on any atom is -0.493 e. The molecule has 0 aliphatic heterocycles. The van der Waals surface area contributed by atoms with Crippen LogP contribution < -0.4 is 11.2 Å². The normalized spacial score (nSPS) is 10.9. The molecule has 1 heterocycles. The molecule has 0 unspecified atom stereocenters. The van der Waals surface area contributed by atoms with Gasteiger partial charge in [-0.05, 0) is 48.5 Å². The number of aliphatic imine (C=N–C) groups is 1. The maximum atomic E-state index is 12.2. The first-order valence-electron chi connectivity index (χ1n) is 7.96. The fourth-order valence-electron chi connectivity index (χ4n) is 2.53. The second-order valence-corrected chi connectivity index (χ2v) is 6.92. The van der Waals surface area contributed by atoms with Gasteiger partial charge in [0.05, 0.1) is 16.4 Å². The van der Waals surface area contributed by atoms with Crippen LogP contribution >= 0.6 is 23.4 Å². The van der Waals surface area contributed by atoms with E-state index in [0.29, 0.717) is 21.3 Å². The highest BCUT2D eigenvalue weighted by Gasteiger charge is 2.15. The monoisotopic (exact) mass is 412 g/mol. The number of aromatic amines is 1. The van der Waals surface area contributed by atoms with E-state index >= 15 is 0 Å². The fraction of sp³-hybridized carbons (Fsp3) is 0.0526. The number of nitrogens with zero attached hydrogens (tertiary/aromatic N) is 3. The maximum Gasteiger partial charge on any atom is 0.335 e. The molecule has 0 radical (unpaired) electrons. The Labute approximate surface area is 168 Å². The number of hydrogen-bond acceptors (Lipinski definition) is 6. The van der Waals surface area contributed by atoms with E-state index in [0.717, 1.165) is 28.1 Å². The predicted octanol–water partition coefficient (Wildman–Crippen LogP) is 3.52. The van der Waals surface area contributed by atoms with Gasteiger partial charge < -0.3 is 5.11 Å². The van der Waals surface area contributed by atoms with Crippen molar-refractivity contribution in [3.8, 4) is 17.0 Å². The van der Waals surface area contributed by atoms with E-state index in [1.165, 1.54) is 6.07 Å². The van der Waals surface area contributed by atoms with E-state index in [1.54, 1.807) is 43.3 Å². The molecule has 0 saturated heterocycles. The number of halogens is 1. The Morgan fingerprint density at radius 2 is 2.04 bits per heavy atom. The summed E-state index contributed by atoms with van der Waals surface area (Å²) in [6.07, 6.45) is 1.16. The zero-order valence-corrected chi connectivity index (χ0v) is 16.1. The quantitative estimate of drug-likeness (QED) is 0.387. The third-order valence-corrected chi connectivity index (χ3v) is 4.98. The van der Waals surface area contributed by atoms with Crippen molar-refractivity contribution in [2.75, 3.05) is 0 Å². The Hall–Kier alpha value is -3.28. The van der Waals surface area contributed by atoms with Crippen LogP contribution in [-0.4, -0.2) is 20.9 Å². The van der Waals surface area contributed by atoms with Gasteiger partial charge in [-0.1, -0.05) is 29.8 Å². The predicted molar refractivity (Wildman–Crippen MR) is 109 cm³/mol. The van der Waals surface area contributed by atoms with Crippen LogP contribution in [0.4, 0.5) is 5.69 Å². The summed E-state index contributed by atoms with van der Waals surface area (Å²) in [6.45, 7) is 1.78. The number of rotatable bonds is 4. The number of H-pyrrole nitrogens is 1. The highest BCUT2D eigenvalue weighted by molar-refractivity contribution is 8.03. The summed E-state index contributed by atoms with van der Waals surface area (Å²) in [5, 5.41) is 21.5. The molecule has 0 fully saturated rings. The largest absolute Gasteiger partial charge is 0.493 e. The lowest BCUT2D eigenvalue weighted by atomic mass is 10.2. The van der Waals surface area contributed by atoms with Crippen molar-refractivity contribution in [2.45, 2.75) is 11.8 Å². The van der Waals surface area contributed by atoms with Crippen LogP contribution in [0, 0.1) is 17.6 Å². The minimum atomic E-state index is -0.765. The van der Waals surface area contributed by atoms with Crippen molar-refractivity contribution in [3.05, 3.63) is 79.5 Å². The zero-order valence-electron chi connectivity index (χ0n) is 14.5. The first kappa shape index (κ1) is 19.5. The molecule has 0 spiro atoms. The number of aromatic nitrogens is 2. The summed E-state index contributed by atoms with van der Waals surface area (Å²) < 4.78 is 1.01. The van der Waals surface area contributed by atoms with Gasteiger partial charge in [0, 0.05) is 11.1 Å². The van der Waals surface area contributed by atoms with Gasteiger partial charge in [0.15, 0.2) is 0 Å². The Balaban J connectivity index is 2.08. The summed E-state index contributed by atoms with van der Waals surface area (Å²) in [5.41, 5.74) is -0.0908. The van der Waals surface area contributed by atoms with E-state index in [2.05, 4.69) is 9.98 Å². The molecule has 0 atom stereocenters. The highest BCUT2D eigenvalue weighted by Crippen LogP contribution is 2.30. The number of aromatic hydroxyl groups is 1. The number of nitriles is 1. The molecule has 3 aromatic rings. The van der Waals surface area contributed by atoms with Crippen LogP contribution in [-0.2, 0) is 0 Å². The average Bonchev–Trinajstić information content (AvgIpc) is 2.65. The van der Waals surface area contributed by atoms with Crippen molar-refractivity contribution >= 4 is 35.3 Å². The van der Waals surface area contributed by atoms with E-state index in [-0.39, 0.29) is 5.56 Å². The molecule has 0 amide bonds. The SMILES string of the molecule is Cc1ccccc1-n1c(O)c(C=Nc2ccc(SC#N)c(Cl)c2)c(=O)[nH]c1=O. The third-order valence-electron chi connectivity index (χ3n) is 3.89. The second kappa shape index (κ2) is 8.17. The number of hydrogen-bond donors (Lipinski definition) is 2. The number of para-hydroxylation sites is 1. The molecule has 28 heavy (non-hydrogen) atoms. The van der Waals surface area contributed by atoms with Gasteiger partial charge in [0.25, 0.3) is 5.56 Å². The number of thioether (sulfide) groups is 1. The van der Waals surface area contributed by atoms with Crippen LogP contribution in [0.25, 0.3) is 5.69 Å². The highest BCUT2D eigenvalue weighted by atomic mass is 35.5. The molecule has 7 nitrogen and oxygen atoms in total. The van der Waals surface area contributed by atoms with Gasteiger partial charge in [-0.2, -0.15) is 5.26 Å². The lowest BCUT2D eigenvalue weighted by Gasteiger charge is -2.11. The molecule has 1 aromatic heterocycles. The Kier molecular flexibility index (Phi) is 5.68. The van der Waals surface area contributed by atoms with E-state index < -0.39 is 17.1 Å². The van der Waals surface area contributed by atoms with E-state index in [9.17, 15) is 14.7 Å². The number of nitrogens with one attached hydrogen (secondary N) is 1. The van der Waals surface area contributed by atoms with Crippen molar-refractivity contribution in [3.63, 3.8) is 0 Å². The lowest BCUT2D eigenvalue weighted by Crippen LogP contribution is -2.31. The topological polar surface area (TPSA) is 111 Å². The molecule has 0 aliphatic carbocycles. The van der Waals surface area contributed by atoms with Gasteiger partial charge in [0.2, 0.25) is 5.88 Å². The Morgan fingerprint density at radius 3 is 2.71 bits per heavy atom. The van der Waals surface area contributed by atoms with Crippen molar-refractivity contribution < 1.29 is 5.11 Å². The Bertz CT molecular complexity index is 1240. The molecule has 9 heteroatoms. The molecule has 140 valence electrons. The van der Waals surface area contributed by atoms with E-state index in [1.807, 2.05) is 5.40 Å². The van der Waals surface area contributed by atoms with Crippen molar-refractivity contribution in [2.24, 2.45) is 4.99 Å². The second-order valence-electron chi connectivity index (χ2n) is 5.68. The molecule has 2 aromatic carbocycles. The first-order valence-corrected chi connectivity index (χ1v) is 9.15. The number of thiocyanates is 1. The maximum absolute atomic E-state index is 12.2. The smallest absolute Gasteiger partial charge is 0.335 e. The van der Waals surface area contributed by atoms with Crippen LogP contribution in [0.15, 0.2) is 61.9 Å². The third kappa shape index (κ3) is 3.86. The summed E-state index contributed by atoms with van der Waals surface area (Å²) in [7, 11) is 0. The minimum absolute atomic E-state index is 0.172. The van der Waals surface area contributed by atoms with Gasteiger partial charge in [0.1, 0.15) is 11.0 Å². The van der Waals surface area contributed by atoms with Crippen LogP contribution in [0.5, 0.6) is 5.88 Å². The summed E-state index contributed by atoms with van der Waals surface area (Å²) in [4.78, 5) is 31.3. The van der Waals surface area contributed by atoms with Gasteiger partial charge in [-0.25, -0.2) is 9.36 Å². The van der Waals surface area contributed by atoms with Crippen LogP contribution in [0.2, 0.25) is 5.02 Å². The fourth-order valence-corrected chi connectivity index (χ4v) is 3.22. The molecule has 0 saturated carbocycles. The van der Waals surface area contributed by atoms with Crippen molar-refractivity contribution in [1.82, 2.24) is 9.55 Å². The van der Waals surface area contributed by atoms with Gasteiger partial charge in [-0.3, -0.25) is 14.8 Å². The average molecular weight is 413 g/mol. The zero-order chi connectivity index (χ0) is 20.3. The standard InChI is InChI=1S/C19H13ClN4O3S/c1-11-4-2-3-5-15(11)24-18(26)13(17(25)23-19(24)27)9-22-12-6-7-16(28-10-21)14(20)8-12/h2-9,26H,1H3,(H,23,25,27).